The Morgan fingerprint density at radius 3 is 2.50 bits per heavy atom. The van der Waals surface area contributed by atoms with Gasteiger partial charge in [0.2, 0.25) is 0 Å². The van der Waals surface area contributed by atoms with Crippen molar-refractivity contribution in [2.24, 2.45) is 23.7 Å². The molecule has 0 amide bonds. The van der Waals surface area contributed by atoms with E-state index >= 15 is 0 Å². The Morgan fingerprint density at radius 1 is 1.40 bits per heavy atom. The summed E-state index contributed by atoms with van der Waals surface area (Å²) in [6.07, 6.45) is 1.23. The van der Waals surface area contributed by atoms with E-state index in [1.807, 2.05) is 27.7 Å². The quantitative estimate of drug-likeness (QED) is 0.649. The van der Waals surface area contributed by atoms with Crippen LogP contribution in [0.15, 0.2) is 12.7 Å². The van der Waals surface area contributed by atoms with Gasteiger partial charge in [0.15, 0.2) is 0 Å². The van der Waals surface area contributed by atoms with Crippen molar-refractivity contribution >= 4 is 0 Å². The number of hydrogen-bond donors (Lipinski definition) is 3. The van der Waals surface area contributed by atoms with Crippen LogP contribution in [0.25, 0.3) is 0 Å². The number of aliphatic hydroxyl groups is 3. The molecule has 0 saturated carbocycles. The summed E-state index contributed by atoms with van der Waals surface area (Å²) >= 11 is 0. The predicted molar refractivity (Wildman–Crippen MR) is 79.3 cm³/mol. The summed E-state index contributed by atoms with van der Waals surface area (Å²) in [5.74, 6) is -0.430. The zero-order valence-electron chi connectivity index (χ0n) is 13.1. The largest absolute Gasteiger partial charge is 0.396 e. The molecule has 1 fully saturated rings. The van der Waals surface area contributed by atoms with Gasteiger partial charge in [0.25, 0.3) is 0 Å². The Balaban J connectivity index is 3.05. The smallest absolute Gasteiger partial charge is 0.0816 e. The molecule has 7 atom stereocenters. The first-order valence-corrected chi connectivity index (χ1v) is 7.53. The number of aliphatic hydroxyl groups excluding tert-OH is 3. The van der Waals surface area contributed by atoms with Crippen LogP contribution in [-0.2, 0) is 4.74 Å². The van der Waals surface area contributed by atoms with Crippen LogP contribution < -0.4 is 0 Å². The molecule has 0 bridgehead atoms. The van der Waals surface area contributed by atoms with Crippen molar-refractivity contribution in [2.75, 3.05) is 13.2 Å². The van der Waals surface area contributed by atoms with Gasteiger partial charge in [-0.15, -0.1) is 6.58 Å². The van der Waals surface area contributed by atoms with Gasteiger partial charge >= 0.3 is 0 Å². The fourth-order valence-electron chi connectivity index (χ4n) is 3.39. The normalized spacial score (nSPS) is 39.0. The first kappa shape index (κ1) is 17.6. The van der Waals surface area contributed by atoms with E-state index in [4.69, 9.17) is 4.74 Å². The van der Waals surface area contributed by atoms with Crippen LogP contribution in [0.5, 0.6) is 0 Å². The van der Waals surface area contributed by atoms with Crippen molar-refractivity contribution in [1.29, 1.82) is 0 Å². The third-order valence-electron chi connectivity index (χ3n) is 5.10. The molecule has 1 heterocycles. The van der Waals surface area contributed by atoms with Crippen molar-refractivity contribution in [1.82, 2.24) is 0 Å². The number of hydrogen-bond acceptors (Lipinski definition) is 4. The zero-order valence-corrected chi connectivity index (χ0v) is 13.1. The fourth-order valence-corrected chi connectivity index (χ4v) is 3.39. The lowest BCUT2D eigenvalue weighted by atomic mass is 9.66. The molecule has 20 heavy (non-hydrogen) atoms. The molecule has 1 aliphatic heterocycles. The molecule has 3 N–H and O–H groups in total. The second-order valence-electron chi connectivity index (χ2n) is 6.45. The maximum atomic E-state index is 10.4. The summed E-state index contributed by atoms with van der Waals surface area (Å²) in [4.78, 5) is 0. The molecule has 0 aromatic carbocycles. The summed E-state index contributed by atoms with van der Waals surface area (Å²) in [5, 5.41) is 30.1. The van der Waals surface area contributed by atoms with E-state index in [2.05, 4.69) is 6.58 Å². The molecule has 0 spiro atoms. The summed E-state index contributed by atoms with van der Waals surface area (Å²) in [6.45, 7) is 11.9. The third kappa shape index (κ3) is 3.08. The molecular weight excluding hydrogens is 256 g/mol. The van der Waals surface area contributed by atoms with E-state index in [1.54, 1.807) is 6.08 Å². The molecule has 1 aliphatic rings. The lowest BCUT2D eigenvalue weighted by Crippen LogP contribution is -2.59. The molecule has 0 unspecified atom stereocenters. The topological polar surface area (TPSA) is 69.9 Å². The minimum Gasteiger partial charge on any atom is -0.396 e. The van der Waals surface area contributed by atoms with E-state index in [1.165, 1.54) is 0 Å². The van der Waals surface area contributed by atoms with Crippen molar-refractivity contribution in [2.45, 2.75) is 51.9 Å². The molecule has 0 aromatic heterocycles. The van der Waals surface area contributed by atoms with Crippen molar-refractivity contribution in [3.05, 3.63) is 12.7 Å². The summed E-state index contributed by atoms with van der Waals surface area (Å²) in [5.41, 5.74) is -0.628. The lowest BCUT2D eigenvalue weighted by molar-refractivity contribution is -0.221. The molecule has 118 valence electrons. The van der Waals surface area contributed by atoms with Crippen LogP contribution in [0.3, 0.4) is 0 Å². The highest BCUT2D eigenvalue weighted by molar-refractivity contribution is 5.03. The van der Waals surface area contributed by atoms with Gasteiger partial charge in [0, 0.05) is 30.3 Å². The fraction of sp³-hybridized carbons (Fsp3) is 0.875. The molecule has 1 rings (SSSR count). The maximum Gasteiger partial charge on any atom is 0.0816 e. The molecule has 0 aliphatic carbocycles. The molecular formula is C16H30O4. The highest BCUT2D eigenvalue weighted by Crippen LogP contribution is 2.44. The maximum absolute atomic E-state index is 10.4. The lowest BCUT2D eigenvalue weighted by Gasteiger charge is -2.52. The standard InChI is InChI=1S/C16H30O4/c1-6-7-16(12(4)14(18)10(2)8-17)13(5)15(19)11(3)9-20-16/h6,10-15,17-19H,1,7-9H2,2-5H3/t10-,11-,12-,13-,14-,15-,16+/m1/s1. The summed E-state index contributed by atoms with van der Waals surface area (Å²) < 4.78 is 6.11. The highest BCUT2D eigenvalue weighted by Gasteiger charge is 2.51. The highest BCUT2D eigenvalue weighted by atomic mass is 16.5. The van der Waals surface area contributed by atoms with Gasteiger partial charge in [-0.3, -0.25) is 0 Å². The molecule has 4 nitrogen and oxygen atoms in total. The first-order chi connectivity index (χ1) is 9.31. The Hall–Kier alpha value is -0.420. The van der Waals surface area contributed by atoms with Gasteiger partial charge in [-0.2, -0.15) is 0 Å². The summed E-state index contributed by atoms with van der Waals surface area (Å²) in [7, 11) is 0. The van der Waals surface area contributed by atoms with Gasteiger partial charge in [0.1, 0.15) is 0 Å². The zero-order chi connectivity index (χ0) is 15.5. The summed E-state index contributed by atoms with van der Waals surface area (Å²) in [6, 6.07) is 0. The first-order valence-electron chi connectivity index (χ1n) is 7.53. The van der Waals surface area contributed by atoms with Crippen molar-refractivity contribution < 1.29 is 20.1 Å². The van der Waals surface area contributed by atoms with E-state index in [9.17, 15) is 15.3 Å². The van der Waals surface area contributed by atoms with Gasteiger partial charge in [0.05, 0.1) is 24.4 Å². The molecule has 0 radical (unpaired) electrons. The van der Waals surface area contributed by atoms with Crippen molar-refractivity contribution in [3.8, 4) is 0 Å². The average Bonchev–Trinajstić information content (AvgIpc) is 2.45. The third-order valence-corrected chi connectivity index (χ3v) is 5.10. The van der Waals surface area contributed by atoms with Crippen LogP contribution in [0.4, 0.5) is 0 Å². The van der Waals surface area contributed by atoms with Gasteiger partial charge < -0.3 is 20.1 Å². The molecule has 1 saturated heterocycles. The Labute approximate surface area is 122 Å². The van der Waals surface area contributed by atoms with Gasteiger partial charge in [-0.05, 0) is 6.42 Å². The second-order valence-corrected chi connectivity index (χ2v) is 6.45. The van der Waals surface area contributed by atoms with E-state index in [-0.39, 0.29) is 30.3 Å². The van der Waals surface area contributed by atoms with Crippen LogP contribution in [0.1, 0.15) is 34.1 Å². The minimum absolute atomic E-state index is 0.0665. The Bertz CT molecular complexity index is 320. The molecule has 4 heteroatoms. The van der Waals surface area contributed by atoms with Crippen LogP contribution in [0.2, 0.25) is 0 Å². The van der Waals surface area contributed by atoms with Crippen molar-refractivity contribution in [3.63, 3.8) is 0 Å². The average molecular weight is 286 g/mol. The van der Waals surface area contributed by atoms with Crippen LogP contribution in [0, 0.1) is 23.7 Å². The Morgan fingerprint density at radius 2 is 2.00 bits per heavy atom. The SMILES string of the molecule is C=CC[C@@]1([C@H](C)[C@H](O)[C@H](C)CO)OC[C@@H](C)[C@@H](O)[C@H]1C. The Kier molecular flexibility index (Phi) is 6.20. The van der Waals surface area contributed by atoms with E-state index < -0.39 is 17.8 Å². The van der Waals surface area contributed by atoms with E-state index in [0.717, 1.165) is 0 Å². The van der Waals surface area contributed by atoms with Gasteiger partial charge in [-0.1, -0.05) is 33.8 Å². The van der Waals surface area contributed by atoms with Gasteiger partial charge in [-0.25, -0.2) is 0 Å². The number of rotatable bonds is 6. The second kappa shape index (κ2) is 7.03. The van der Waals surface area contributed by atoms with Crippen LogP contribution >= 0.6 is 0 Å². The predicted octanol–water partition coefficient (Wildman–Crippen LogP) is 1.59. The monoisotopic (exact) mass is 286 g/mol. The van der Waals surface area contributed by atoms with Crippen LogP contribution in [-0.4, -0.2) is 46.3 Å². The number of ether oxygens (including phenoxy) is 1. The minimum atomic E-state index is -0.678. The molecule has 0 aromatic rings. The van der Waals surface area contributed by atoms with E-state index in [0.29, 0.717) is 13.0 Å².